The number of ether oxygens (including phenoxy) is 1. The van der Waals surface area contributed by atoms with E-state index in [0.717, 1.165) is 16.0 Å². The molecule has 0 saturated heterocycles. The Balaban J connectivity index is 2.06. The molecule has 2 N–H and O–H groups in total. The Kier molecular flexibility index (Phi) is 6.48. The second-order valence-electron chi connectivity index (χ2n) is 5.57. The lowest BCUT2D eigenvalue weighted by atomic mass is 10.2. The van der Waals surface area contributed by atoms with Gasteiger partial charge in [0.15, 0.2) is 11.7 Å². The third-order valence-corrected chi connectivity index (χ3v) is 3.54. The Morgan fingerprint density at radius 1 is 1.23 bits per heavy atom. The molecule has 0 unspecified atom stereocenters. The van der Waals surface area contributed by atoms with Crippen molar-refractivity contribution in [3.8, 4) is 5.75 Å². The fourth-order valence-corrected chi connectivity index (χ4v) is 2.33. The average molecular weight is 369 g/mol. The van der Waals surface area contributed by atoms with Crippen molar-refractivity contribution in [3.63, 3.8) is 0 Å². The van der Waals surface area contributed by atoms with Crippen LogP contribution in [-0.2, 0) is 26.3 Å². The van der Waals surface area contributed by atoms with Crippen LogP contribution in [0.4, 0.5) is 13.2 Å². The van der Waals surface area contributed by atoms with Gasteiger partial charge in [-0.05, 0) is 24.6 Å². The number of nitrogens with zero attached hydrogens (tertiary/aromatic N) is 3. The molecule has 0 atom stereocenters. The first-order valence-electron chi connectivity index (χ1n) is 8.08. The van der Waals surface area contributed by atoms with Crippen LogP contribution in [0.5, 0.6) is 5.75 Å². The number of halogens is 3. The molecule has 6 nitrogen and oxygen atoms in total. The molecule has 142 valence electrons. The molecule has 0 aliphatic heterocycles. The Morgan fingerprint density at radius 2 is 1.92 bits per heavy atom. The van der Waals surface area contributed by atoms with Crippen LogP contribution in [0.3, 0.4) is 0 Å². The number of hydrogen-bond donors (Lipinski definition) is 2. The summed E-state index contributed by atoms with van der Waals surface area (Å²) in [7, 11) is 3.05. The van der Waals surface area contributed by atoms with Crippen molar-refractivity contribution >= 4 is 5.96 Å². The smallest absolute Gasteiger partial charge is 0.435 e. The van der Waals surface area contributed by atoms with Crippen LogP contribution in [0.25, 0.3) is 0 Å². The number of nitrogens with one attached hydrogen (secondary N) is 2. The van der Waals surface area contributed by atoms with E-state index in [-0.39, 0.29) is 12.1 Å². The normalized spacial score (nSPS) is 12.2. The van der Waals surface area contributed by atoms with Crippen molar-refractivity contribution in [1.82, 2.24) is 20.4 Å². The van der Waals surface area contributed by atoms with E-state index in [1.807, 2.05) is 31.2 Å². The maximum atomic E-state index is 13.0. The topological polar surface area (TPSA) is 63.5 Å². The SMILES string of the molecule is CCNC(=NCc1ccc(OC)cc1)NCc1cn(C)nc1C(F)(F)F. The van der Waals surface area contributed by atoms with Crippen molar-refractivity contribution in [3.05, 3.63) is 47.3 Å². The Labute approximate surface area is 150 Å². The second-order valence-corrected chi connectivity index (χ2v) is 5.57. The van der Waals surface area contributed by atoms with E-state index < -0.39 is 11.9 Å². The van der Waals surface area contributed by atoms with E-state index in [1.54, 1.807) is 7.11 Å². The number of aliphatic imine (C=N–C) groups is 1. The summed E-state index contributed by atoms with van der Waals surface area (Å²) < 4.78 is 45.3. The van der Waals surface area contributed by atoms with Gasteiger partial charge in [-0.15, -0.1) is 0 Å². The molecule has 1 aromatic heterocycles. The molecule has 0 spiro atoms. The summed E-state index contributed by atoms with van der Waals surface area (Å²) in [6, 6.07) is 7.43. The summed E-state index contributed by atoms with van der Waals surface area (Å²) >= 11 is 0. The van der Waals surface area contributed by atoms with Gasteiger partial charge in [0.2, 0.25) is 0 Å². The van der Waals surface area contributed by atoms with Crippen molar-refractivity contribution in [2.45, 2.75) is 26.2 Å². The number of hydrogen-bond acceptors (Lipinski definition) is 3. The fourth-order valence-electron chi connectivity index (χ4n) is 2.33. The van der Waals surface area contributed by atoms with E-state index >= 15 is 0 Å². The van der Waals surface area contributed by atoms with Crippen molar-refractivity contribution in [2.75, 3.05) is 13.7 Å². The number of guanidine groups is 1. The molecule has 26 heavy (non-hydrogen) atoms. The highest BCUT2D eigenvalue weighted by atomic mass is 19.4. The third kappa shape index (κ3) is 5.40. The monoisotopic (exact) mass is 369 g/mol. The van der Waals surface area contributed by atoms with Crippen LogP contribution in [-0.4, -0.2) is 29.4 Å². The highest BCUT2D eigenvalue weighted by molar-refractivity contribution is 5.79. The van der Waals surface area contributed by atoms with Gasteiger partial charge >= 0.3 is 6.18 Å². The van der Waals surface area contributed by atoms with Crippen molar-refractivity contribution in [2.24, 2.45) is 12.0 Å². The standard InChI is InChI=1S/C17H22F3N5O/c1-4-21-16(22-9-12-5-7-14(26-3)8-6-12)23-10-13-11-25(2)24-15(13)17(18,19)20/h5-8,11H,4,9-10H2,1-3H3,(H2,21,22,23). The van der Waals surface area contributed by atoms with Gasteiger partial charge in [0.25, 0.3) is 0 Å². The molecule has 0 aliphatic rings. The molecule has 0 bridgehead atoms. The third-order valence-electron chi connectivity index (χ3n) is 3.54. The molecule has 0 radical (unpaired) electrons. The van der Waals surface area contributed by atoms with Gasteiger partial charge in [-0.1, -0.05) is 12.1 Å². The number of aromatic nitrogens is 2. The first-order chi connectivity index (χ1) is 12.3. The van der Waals surface area contributed by atoms with E-state index in [1.165, 1.54) is 13.2 Å². The summed E-state index contributed by atoms with van der Waals surface area (Å²) in [5, 5.41) is 9.43. The minimum Gasteiger partial charge on any atom is -0.497 e. The van der Waals surface area contributed by atoms with Gasteiger partial charge in [-0.3, -0.25) is 4.68 Å². The van der Waals surface area contributed by atoms with E-state index in [2.05, 4.69) is 20.7 Å². The first kappa shape index (κ1) is 19.6. The van der Waals surface area contributed by atoms with E-state index in [0.29, 0.717) is 19.0 Å². The number of aryl methyl sites for hydroxylation is 1. The zero-order valence-electron chi connectivity index (χ0n) is 14.9. The zero-order valence-corrected chi connectivity index (χ0v) is 14.9. The Morgan fingerprint density at radius 3 is 2.50 bits per heavy atom. The molecule has 0 saturated carbocycles. The molecule has 0 fully saturated rings. The van der Waals surface area contributed by atoms with Crippen LogP contribution >= 0.6 is 0 Å². The van der Waals surface area contributed by atoms with Gasteiger partial charge in [0, 0.05) is 31.9 Å². The lowest BCUT2D eigenvalue weighted by Gasteiger charge is -2.12. The molecule has 2 aromatic rings. The Bertz CT molecular complexity index is 738. The molecule has 1 aromatic carbocycles. The second kappa shape index (κ2) is 8.59. The molecular weight excluding hydrogens is 347 g/mol. The maximum absolute atomic E-state index is 13.0. The van der Waals surface area contributed by atoms with Gasteiger partial charge in [-0.2, -0.15) is 18.3 Å². The van der Waals surface area contributed by atoms with Crippen LogP contribution in [0.2, 0.25) is 0 Å². The minimum absolute atomic E-state index is 0.0306. The average Bonchev–Trinajstić information content (AvgIpc) is 2.99. The highest BCUT2D eigenvalue weighted by Gasteiger charge is 2.36. The predicted molar refractivity (Wildman–Crippen MR) is 92.9 cm³/mol. The molecule has 2 rings (SSSR count). The van der Waals surface area contributed by atoms with Gasteiger partial charge in [0.1, 0.15) is 5.75 Å². The van der Waals surface area contributed by atoms with E-state index in [4.69, 9.17) is 4.74 Å². The summed E-state index contributed by atoms with van der Waals surface area (Å²) in [6.45, 7) is 2.83. The largest absolute Gasteiger partial charge is 0.497 e. The van der Waals surface area contributed by atoms with E-state index in [9.17, 15) is 13.2 Å². The number of alkyl halides is 3. The fraction of sp³-hybridized carbons (Fsp3) is 0.412. The molecular formula is C17H22F3N5O. The van der Waals surface area contributed by atoms with Gasteiger partial charge < -0.3 is 15.4 Å². The first-order valence-corrected chi connectivity index (χ1v) is 8.08. The molecule has 1 heterocycles. The lowest BCUT2D eigenvalue weighted by molar-refractivity contribution is -0.142. The quantitative estimate of drug-likeness (QED) is 0.607. The lowest BCUT2D eigenvalue weighted by Crippen LogP contribution is -2.37. The van der Waals surface area contributed by atoms with Gasteiger partial charge in [-0.25, -0.2) is 4.99 Å². The summed E-state index contributed by atoms with van der Waals surface area (Å²) in [5.74, 6) is 1.18. The van der Waals surface area contributed by atoms with Crippen LogP contribution in [0.1, 0.15) is 23.7 Å². The van der Waals surface area contributed by atoms with Crippen molar-refractivity contribution in [1.29, 1.82) is 0 Å². The minimum atomic E-state index is -4.49. The number of rotatable bonds is 6. The molecule has 0 amide bonds. The number of benzene rings is 1. The Hall–Kier alpha value is -2.71. The summed E-state index contributed by atoms with van der Waals surface area (Å²) in [6.07, 6.45) is -3.14. The van der Waals surface area contributed by atoms with Crippen LogP contribution in [0, 0.1) is 0 Å². The predicted octanol–water partition coefficient (Wildman–Crippen LogP) is 2.70. The summed E-state index contributed by atoms with van der Waals surface area (Å²) in [5.41, 5.74) is 0.133. The highest BCUT2D eigenvalue weighted by Crippen LogP contribution is 2.30. The maximum Gasteiger partial charge on any atom is 0.435 e. The molecule has 9 heteroatoms. The zero-order chi connectivity index (χ0) is 19.2. The number of methoxy groups -OCH3 is 1. The van der Waals surface area contributed by atoms with Crippen molar-refractivity contribution < 1.29 is 17.9 Å². The van der Waals surface area contributed by atoms with Crippen LogP contribution < -0.4 is 15.4 Å². The molecule has 0 aliphatic carbocycles. The summed E-state index contributed by atoms with van der Waals surface area (Å²) in [4.78, 5) is 4.40. The van der Waals surface area contributed by atoms with Gasteiger partial charge in [0.05, 0.1) is 13.7 Å². The van der Waals surface area contributed by atoms with Crippen LogP contribution in [0.15, 0.2) is 35.5 Å².